The number of amides is 12. The number of halogens is 1. The fourth-order valence-electron chi connectivity index (χ4n) is 16.3. The molecule has 9 rings (SSSR count). The number of phenolic OH excluding ortho intramolecular Hbond substituents is 1. The summed E-state index contributed by atoms with van der Waals surface area (Å²) in [6, 6.07) is 13.4. The molecule has 4 aliphatic heterocycles. The number of nitrogens with two attached hydrogens (primary N) is 3. The van der Waals surface area contributed by atoms with Crippen LogP contribution in [-0.4, -0.2) is 257 Å². The molecule has 3 saturated heterocycles. The number of methoxy groups -OCH3 is 2. The van der Waals surface area contributed by atoms with Crippen molar-refractivity contribution < 1.29 is 101 Å². The number of anilines is 1. The van der Waals surface area contributed by atoms with Gasteiger partial charge in [0.05, 0.1) is 43.5 Å². The van der Waals surface area contributed by atoms with Crippen molar-refractivity contribution in [2.45, 2.75) is 246 Å². The number of phenols is 1. The van der Waals surface area contributed by atoms with Gasteiger partial charge in [0.1, 0.15) is 76.7 Å². The third-order valence-electron chi connectivity index (χ3n) is 24.5. The van der Waals surface area contributed by atoms with Crippen LogP contribution in [0.4, 0.5) is 15.3 Å². The molecular weight excluding hydrogens is 1820 g/mol. The third-order valence-corrected chi connectivity index (χ3v) is 30.6. The number of nitrogens with one attached hydrogen (secondary N) is 9. The van der Waals surface area contributed by atoms with Gasteiger partial charge in [-0.05, 0) is 164 Å². The smallest absolute Gasteiger partial charge is 0.409 e. The second-order valence-electron chi connectivity index (χ2n) is 35.3. The Kier molecular flexibility index (Phi) is 40.8. The molecule has 0 aromatic heterocycles. The summed E-state index contributed by atoms with van der Waals surface area (Å²) in [5.41, 5.74) is 20.4. The Morgan fingerprint density at radius 3 is 2.19 bits per heavy atom. The van der Waals surface area contributed by atoms with Gasteiger partial charge in [0.15, 0.2) is 11.5 Å². The Hall–Kier alpha value is -9.94. The van der Waals surface area contributed by atoms with Crippen LogP contribution in [0.15, 0.2) is 121 Å². The zero-order valence-corrected chi connectivity index (χ0v) is 81.5. The van der Waals surface area contributed by atoms with Gasteiger partial charge in [-0.3, -0.25) is 53.3 Å². The highest BCUT2D eigenvalue weighted by Crippen LogP contribution is 2.50. The summed E-state index contributed by atoms with van der Waals surface area (Å²) in [5.74, 6) is -11.5. The number of likely N-dealkylation sites (N-methyl/N-ethyl adjacent to an activating group) is 1. The van der Waals surface area contributed by atoms with Crippen molar-refractivity contribution in [1.29, 1.82) is 0 Å². The van der Waals surface area contributed by atoms with Gasteiger partial charge < -0.3 is 109 Å². The van der Waals surface area contributed by atoms with E-state index in [1.165, 1.54) is 59.2 Å². The first-order valence-electron chi connectivity index (χ1n) is 45.0. The highest BCUT2D eigenvalue weighted by atomic mass is 35.5. The molecule has 12 amide bonds. The van der Waals surface area contributed by atoms with Gasteiger partial charge in [-0.15, -0.1) is 0 Å². The number of alkyl carbamates (subject to hydrolysis) is 1. The lowest BCUT2D eigenvalue weighted by molar-refractivity contribution is -0.162. The number of carbonyl (C=O) groups is 13. The topological polar surface area (TPSA) is 525 Å². The summed E-state index contributed by atoms with van der Waals surface area (Å²) < 4.78 is 28.5. The van der Waals surface area contributed by atoms with E-state index in [2.05, 4.69) is 47.9 Å². The Morgan fingerprint density at radius 1 is 0.828 bits per heavy atom. The number of benzene rings is 4. The average molecular weight is 1950 g/mol. The number of urea groups is 1. The normalized spacial score (nSPS) is 25.6. The first-order chi connectivity index (χ1) is 63.7. The van der Waals surface area contributed by atoms with E-state index >= 15 is 28.8 Å². The Bertz CT molecular complexity index is 4900. The lowest BCUT2D eigenvalue weighted by Crippen LogP contribution is -2.63. The van der Waals surface area contributed by atoms with Crippen molar-refractivity contribution in [3.8, 4) is 11.5 Å². The third kappa shape index (κ3) is 30.5. The van der Waals surface area contributed by atoms with Gasteiger partial charge in [-0.1, -0.05) is 171 Å². The molecule has 17 atom stereocenters. The minimum Gasteiger partial charge on any atom is -0.508 e. The Labute approximate surface area is 802 Å². The number of fused-ring (bicyclic) bond motifs is 6. The summed E-state index contributed by atoms with van der Waals surface area (Å²) in [6.45, 7) is 12.2. The fraction of sp³-hybridized carbons (Fsp3) is 0.543. The molecule has 1 aliphatic carbocycles. The number of aliphatic hydroxyl groups excluding tert-OH is 1. The number of epoxide rings is 1. The number of esters is 1. The van der Waals surface area contributed by atoms with Gasteiger partial charge in [-0.25, -0.2) is 14.4 Å². The summed E-state index contributed by atoms with van der Waals surface area (Å²) in [6.07, 6.45) is 3.06. The first kappa shape index (κ1) is 108. The standard InChI is InChI=1S/C94H129ClN14O21S4/c1-53-24-23-30-74(127-11)94(125)50-73(128-91(124)107-94)54(2)81-93(7,130-81)75(49-77(114)109(9)70-45-59(42-53)46-72(126-10)78(70)95)129-89(122)55(3)108(8)76(113)37-41-131-134-92(5,6)80(82(98)115)106-87(120)69-52-133-132-51-68(103-84(117)65(97)44-57-25-15-14-16-26-57)71(112)48-62(43-58-31-35-63(111)36-32-58)83(116)102-67(47-61-34-33-60-27-17-18-28-64(60)61)86(119)101-66(85(118)105-79(56(4)110)88(121)104-69)29-19-22-40-100-90(123)99-39-21-13-12-20-38-96/h14-18,23-28,30-32,34-36,45-46,54-56,62,65-69,73-75,79-81,110-111,125H,12-13,19-22,29,33,37-44,47-52,96-97H2,1-11H3,(H2,98,115)(H,101,119)(H,102,116)(H,103,117)(H,104,121)(H,105,118)(H,106,120)(H,107,124)(H2,99,100,123)/b30-23+,53-24+/t54-,55+,56-,62-,65-,66+,67-,68+,69+,73+,74-,75+,79+,80-,81+,93+,94+/m1/s1. The van der Waals surface area contributed by atoms with E-state index < -0.39 is 197 Å². The van der Waals surface area contributed by atoms with Crippen molar-refractivity contribution in [3.05, 3.63) is 154 Å². The number of hydrogen-bond acceptors (Lipinski definition) is 27. The van der Waals surface area contributed by atoms with E-state index in [1.807, 2.05) is 43.3 Å². The number of ether oxygens (including phenoxy) is 5. The number of hydrogen-bond donors (Lipinski definition) is 15. The number of unbranched alkanes of at least 4 members (excludes halogenated alkanes) is 4. The van der Waals surface area contributed by atoms with Crippen molar-refractivity contribution in [2.75, 3.05) is 70.1 Å². The molecule has 0 spiro atoms. The van der Waals surface area contributed by atoms with Gasteiger partial charge in [0.2, 0.25) is 53.2 Å². The second kappa shape index (κ2) is 50.8. The molecule has 4 bridgehead atoms. The second-order valence-corrected chi connectivity index (χ2v) is 41.3. The van der Waals surface area contributed by atoms with Crippen LogP contribution in [0.2, 0.25) is 5.02 Å². The number of allylic oxidation sites excluding steroid dienone is 4. The molecule has 732 valence electrons. The SMILES string of the molecule is COc1cc2cc(c1Cl)N(C)C(=O)C[C@H](OC(=O)[C@H](C)N(C)C(=O)CCSSC(C)(C)[C@H](NC(=O)[C@@H]1CSSC[C@H](NC(=O)[C@H](N)Cc3ccccc3)C(=O)C[C@@H](Cc3ccc(O)cc3)C(=O)N[C@H](CC3=CCc4ccccc43)C(=O)N[C@@H](CCCCNC(=O)NCCCCCCN)C(=O)N[C@@H]([C@@H](C)O)C(=O)N1)C(N)=O)[C@]1(C)O[C@H]1[C@H](C)[C@@H]1C[C@@](O)(NC(=O)O1)[C@H](OC)/C=C/C=C(\C)C2. The molecule has 134 heavy (non-hydrogen) atoms. The fourth-order valence-corrected chi connectivity index (χ4v) is 21.6. The molecule has 3 fully saturated rings. The minimum absolute atomic E-state index is 0.0366. The summed E-state index contributed by atoms with van der Waals surface area (Å²) in [5, 5.41) is 58.7. The number of Topliss-reactive ketones (excluding diaryl/α,β-unsaturated/α-hetero) is 1. The minimum atomic E-state index is -1.96. The number of carbonyl (C=O) groups excluding carboxylic acids is 13. The van der Waals surface area contributed by atoms with E-state index in [0.29, 0.717) is 48.2 Å². The first-order valence-corrected chi connectivity index (χ1v) is 50.1. The largest absolute Gasteiger partial charge is 0.508 e. The summed E-state index contributed by atoms with van der Waals surface area (Å²) >= 11 is 6.92. The Balaban J connectivity index is 0.945. The number of aromatic hydroxyl groups is 1. The van der Waals surface area contributed by atoms with Crippen LogP contribution in [0.25, 0.3) is 5.57 Å². The van der Waals surface area contributed by atoms with Crippen molar-refractivity contribution >= 4 is 143 Å². The number of aliphatic hydroxyl groups is 2. The lowest BCUT2D eigenvalue weighted by atomic mass is 9.83. The maximum Gasteiger partial charge on any atom is 0.409 e. The van der Waals surface area contributed by atoms with Gasteiger partial charge in [0.25, 0.3) is 0 Å². The molecule has 4 aromatic carbocycles. The molecular formula is C94H129ClN14O21S4. The molecule has 0 saturated carbocycles. The molecule has 4 aromatic rings. The average Bonchev–Trinajstić information content (AvgIpc) is 1.57. The summed E-state index contributed by atoms with van der Waals surface area (Å²) in [7, 11) is 9.81. The monoisotopic (exact) mass is 1950 g/mol. The van der Waals surface area contributed by atoms with Gasteiger partial charge in [-0.2, -0.15) is 0 Å². The predicted molar refractivity (Wildman–Crippen MR) is 516 cm³/mol. The molecule has 0 unspecified atom stereocenters. The van der Waals surface area contributed by atoms with Crippen LogP contribution in [0.3, 0.4) is 0 Å². The quantitative estimate of drug-likeness (QED) is 0.0105. The number of primary amides is 1. The lowest BCUT2D eigenvalue weighted by Gasteiger charge is -2.42. The van der Waals surface area contributed by atoms with Crippen molar-refractivity contribution in [2.24, 2.45) is 29.0 Å². The van der Waals surface area contributed by atoms with Crippen LogP contribution in [0, 0.1) is 11.8 Å². The molecule has 5 aliphatic rings. The predicted octanol–water partition coefficient (Wildman–Crippen LogP) is 6.35. The number of nitrogens with zero attached hydrogens (tertiary/aromatic N) is 2. The molecule has 35 nitrogen and oxygen atoms in total. The van der Waals surface area contributed by atoms with E-state index in [0.717, 1.165) is 90.5 Å². The zero-order chi connectivity index (χ0) is 97.9. The van der Waals surface area contributed by atoms with Crippen molar-refractivity contribution in [1.82, 2.24) is 52.8 Å². The zero-order valence-electron chi connectivity index (χ0n) is 77.5. The number of rotatable bonds is 34. The summed E-state index contributed by atoms with van der Waals surface area (Å²) in [4.78, 5) is 192. The maximum atomic E-state index is 15.4. The van der Waals surface area contributed by atoms with Crippen LogP contribution < -0.4 is 74.7 Å². The van der Waals surface area contributed by atoms with E-state index in [9.17, 15) is 48.9 Å². The maximum absolute atomic E-state index is 15.4. The molecule has 0 radical (unpaired) electrons. The molecule has 4 heterocycles. The van der Waals surface area contributed by atoms with Gasteiger partial charge >= 0.3 is 18.1 Å². The highest BCUT2D eigenvalue weighted by molar-refractivity contribution is 8.77. The number of ketones is 1. The van der Waals surface area contributed by atoms with Crippen LogP contribution in [0.1, 0.15) is 153 Å². The van der Waals surface area contributed by atoms with Crippen LogP contribution >= 0.6 is 54.8 Å². The van der Waals surface area contributed by atoms with Gasteiger partial charge in [0, 0.05) is 93.8 Å². The van der Waals surface area contributed by atoms with E-state index in [-0.39, 0.29) is 97.4 Å². The highest BCUT2D eigenvalue weighted by Gasteiger charge is 2.65. The van der Waals surface area contributed by atoms with Crippen molar-refractivity contribution in [3.63, 3.8) is 0 Å². The van der Waals surface area contributed by atoms with E-state index in [4.69, 9.17) is 52.5 Å². The molecule has 18 N–H and O–H groups in total. The van der Waals surface area contributed by atoms with E-state index in [1.54, 1.807) is 94.4 Å². The van der Waals surface area contributed by atoms with Crippen LogP contribution in [-0.2, 0) is 97.4 Å². The molecule has 40 heteroatoms. The van der Waals surface area contributed by atoms with Crippen LogP contribution in [0.5, 0.6) is 11.5 Å². The Morgan fingerprint density at radius 2 is 1.50 bits per heavy atom.